The van der Waals surface area contributed by atoms with Gasteiger partial charge in [0.05, 0.1) is 35.8 Å². The molecule has 1 heterocycles. The first-order valence-corrected chi connectivity index (χ1v) is 15.9. The Labute approximate surface area is 247 Å². The Morgan fingerprint density at radius 2 is 1.33 bits per heavy atom. The lowest BCUT2D eigenvalue weighted by Crippen LogP contribution is -2.53. The molecule has 3 rings (SSSR count). The van der Waals surface area contributed by atoms with E-state index in [-0.39, 0.29) is 31.0 Å². The molecule has 12 heteroatoms. The van der Waals surface area contributed by atoms with Gasteiger partial charge in [0.1, 0.15) is 11.7 Å². The minimum atomic E-state index is -3.22. The van der Waals surface area contributed by atoms with Crippen molar-refractivity contribution in [3.8, 4) is 0 Å². The summed E-state index contributed by atoms with van der Waals surface area (Å²) in [6.45, 7) is 5.31. The molecule has 5 atom stereocenters. The number of carbonyl (C=O) groups is 2. The molecule has 0 aromatic heterocycles. The predicted molar refractivity (Wildman–Crippen MR) is 159 cm³/mol. The summed E-state index contributed by atoms with van der Waals surface area (Å²) in [5.41, 5.74) is 1.08. The van der Waals surface area contributed by atoms with Crippen molar-refractivity contribution < 1.29 is 37.7 Å². The number of aliphatic hydroxyl groups excluding tert-OH is 2. The molecule has 5 N–H and O–H groups in total. The number of hydrogen-bond acceptors (Lipinski definition) is 9. The average Bonchev–Trinajstić information content (AvgIpc) is 3.25. The Bertz CT molecular complexity index is 1240. The van der Waals surface area contributed by atoms with Crippen LogP contribution in [0.4, 0.5) is 9.59 Å². The van der Waals surface area contributed by atoms with E-state index in [4.69, 9.17) is 9.47 Å². The van der Waals surface area contributed by atoms with Gasteiger partial charge in [-0.3, -0.25) is 0 Å². The second-order valence-corrected chi connectivity index (χ2v) is 13.8. The summed E-state index contributed by atoms with van der Waals surface area (Å²) in [7, 11) is -3.22. The molecule has 0 spiro atoms. The van der Waals surface area contributed by atoms with Gasteiger partial charge in [0.25, 0.3) is 0 Å². The van der Waals surface area contributed by atoms with Crippen LogP contribution in [0.5, 0.6) is 0 Å². The molecule has 1 saturated heterocycles. The monoisotopic (exact) mass is 605 g/mol. The fourth-order valence-electron chi connectivity index (χ4n) is 4.62. The molecular weight excluding hydrogens is 562 g/mol. The standard InChI is InChI=1S/C30H43N3O8S/c1-30(2,3)41-29(37)33-25(17-22-12-8-5-9-13-22)27(35)19-31-18-26(34)24(16-21-10-6-4-7-11-21)32-28(36)40-23-14-15-42(38,39)20-23/h4-13,23-27,31,34-35H,14-20H2,1-3H3,(H,32,36)(H,33,37)/t23?,24-,25-,26+,27+/m0/s1. The fraction of sp³-hybridized carbons (Fsp3) is 0.533. The number of aliphatic hydroxyl groups is 2. The SMILES string of the molecule is CC(C)(C)OC(=O)N[C@@H](Cc1ccccc1)[C@H](O)CNC[C@@H](O)[C@H](Cc1ccccc1)NC(=O)OC1CCS(=O)(=O)C1. The van der Waals surface area contributed by atoms with Crippen LogP contribution in [0.15, 0.2) is 60.7 Å². The van der Waals surface area contributed by atoms with Crippen molar-refractivity contribution in [2.45, 2.75) is 76.0 Å². The molecular formula is C30H43N3O8S. The third-order valence-electron chi connectivity index (χ3n) is 6.70. The van der Waals surface area contributed by atoms with E-state index in [1.165, 1.54) is 0 Å². The van der Waals surface area contributed by atoms with Crippen molar-refractivity contribution in [1.82, 2.24) is 16.0 Å². The van der Waals surface area contributed by atoms with Crippen molar-refractivity contribution in [3.63, 3.8) is 0 Å². The van der Waals surface area contributed by atoms with E-state index in [1.807, 2.05) is 60.7 Å². The van der Waals surface area contributed by atoms with Gasteiger partial charge >= 0.3 is 12.2 Å². The summed E-state index contributed by atoms with van der Waals surface area (Å²) in [6.07, 6.45) is -3.40. The van der Waals surface area contributed by atoms with E-state index in [0.717, 1.165) is 11.1 Å². The molecule has 11 nitrogen and oxygen atoms in total. The number of rotatable bonds is 13. The fourth-order valence-corrected chi connectivity index (χ4v) is 6.21. The van der Waals surface area contributed by atoms with Gasteiger partial charge in [-0.05, 0) is 51.2 Å². The van der Waals surface area contributed by atoms with E-state index in [1.54, 1.807) is 20.8 Å². The highest BCUT2D eigenvalue weighted by molar-refractivity contribution is 7.91. The lowest BCUT2D eigenvalue weighted by atomic mass is 10.00. The third kappa shape index (κ3) is 12.0. The van der Waals surface area contributed by atoms with Crippen LogP contribution < -0.4 is 16.0 Å². The molecule has 42 heavy (non-hydrogen) atoms. The molecule has 1 unspecified atom stereocenters. The largest absolute Gasteiger partial charge is 0.445 e. The summed E-state index contributed by atoms with van der Waals surface area (Å²) in [6, 6.07) is 17.3. The molecule has 2 amide bonds. The smallest absolute Gasteiger partial charge is 0.407 e. The van der Waals surface area contributed by atoms with Gasteiger partial charge in [-0.25, -0.2) is 18.0 Å². The van der Waals surface area contributed by atoms with Crippen molar-refractivity contribution in [2.24, 2.45) is 0 Å². The van der Waals surface area contributed by atoms with Crippen molar-refractivity contribution in [1.29, 1.82) is 0 Å². The summed E-state index contributed by atoms with van der Waals surface area (Å²) in [5.74, 6) is -0.242. The van der Waals surface area contributed by atoms with E-state index in [9.17, 15) is 28.2 Å². The average molecular weight is 606 g/mol. The van der Waals surface area contributed by atoms with Crippen molar-refractivity contribution >= 4 is 22.0 Å². The number of hydrogen-bond donors (Lipinski definition) is 5. The number of amides is 2. The summed E-state index contributed by atoms with van der Waals surface area (Å²) < 4.78 is 34.1. The number of nitrogens with one attached hydrogen (secondary N) is 3. The zero-order chi connectivity index (χ0) is 30.8. The van der Waals surface area contributed by atoms with E-state index in [2.05, 4.69) is 16.0 Å². The molecule has 0 bridgehead atoms. The normalized spacial score (nSPS) is 19.2. The maximum Gasteiger partial charge on any atom is 0.407 e. The van der Waals surface area contributed by atoms with Crippen LogP contribution in [0.1, 0.15) is 38.3 Å². The van der Waals surface area contributed by atoms with Crippen LogP contribution in [0.3, 0.4) is 0 Å². The minimum absolute atomic E-state index is 0.0111. The molecule has 0 aliphatic carbocycles. The number of ether oxygens (including phenoxy) is 2. The molecule has 1 aliphatic heterocycles. The molecule has 2 aromatic carbocycles. The van der Waals surface area contributed by atoms with Crippen molar-refractivity contribution in [3.05, 3.63) is 71.8 Å². The number of carbonyl (C=O) groups excluding carboxylic acids is 2. The number of benzene rings is 2. The zero-order valence-corrected chi connectivity index (χ0v) is 25.2. The van der Waals surface area contributed by atoms with Gasteiger partial charge < -0.3 is 35.6 Å². The van der Waals surface area contributed by atoms with E-state index in [0.29, 0.717) is 12.8 Å². The molecule has 1 aliphatic rings. The maximum absolute atomic E-state index is 12.6. The van der Waals surface area contributed by atoms with Crippen LogP contribution >= 0.6 is 0 Å². The lowest BCUT2D eigenvalue weighted by Gasteiger charge is -2.28. The van der Waals surface area contributed by atoms with Crippen LogP contribution in [0.2, 0.25) is 0 Å². The molecule has 232 valence electrons. The third-order valence-corrected chi connectivity index (χ3v) is 8.44. The predicted octanol–water partition coefficient (Wildman–Crippen LogP) is 1.96. The Morgan fingerprint density at radius 1 is 0.857 bits per heavy atom. The second kappa shape index (κ2) is 15.3. The Morgan fingerprint density at radius 3 is 1.76 bits per heavy atom. The van der Waals surface area contributed by atoms with Crippen LogP contribution in [0, 0.1) is 0 Å². The van der Waals surface area contributed by atoms with Crippen LogP contribution in [-0.2, 0) is 32.2 Å². The van der Waals surface area contributed by atoms with Crippen molar-refractivity contribution in [2.75, 3.05) is 24.6 Å². The molecule has 2 aromatic rings. The highest BCUT2D eigenvalue weighted by Gasteiger charge is 2.32. The van der Waals surface area contributed by atoms with Crippen LogP contribution in [-0.4, -0.2) is 91.4 Å². The Kier molecular flexibility index (Phi) is 12.2. The summed E-state index contributed by atoms with van der Waals surface area (Å²) >= 11 is 0. The molecule has 1 fully saturated rings. The number of sulfone groups is 1. The quantitative estimate of drug-likeness (QED) is 0.230. The molecule has 0 radical (unpaired) electrons. The van der Waals surface area contributed by atoms with Gasteiger partial charge in [0, 0.05) is 13.1 Å². The van der Waals surface area contributed by atoms with Gasteiger partial charge in [0.15, 0.2) is 9.84 Å². The highest BCUT2D eigenvalue weighted by atomic mass is 32.2. The summed E-state index contributed by atoms with van der Waals surface area (Å²) in [4.78, 5) is 25.1. The first-order chi connectivity index (χ1) is 19.8. The first-order valence-electron chi connectivity index (χ1n) is 14.1. The lowest BCUT2D eigenvalue weighted by molar-refractivity contribution is 0.0415. The Hall–Kier alpha value is -3.19. The van der Waals surface area contributed by atoms with Gasteiger partial charge in [0.2, 0.25) is 0 Å². The van der Waals surface area contributed by atoms with E-state index >= 15 is 0 Å². The van der Waals surface area contributed by atoms with E-state index < -0.39 is 58.0 Å². The highest BCUT2D eigenvalue weighted by Crippen LogP contribution is 2.16. The van der Waals surface area contributed by atoms with Gasteiger partial charge in [-0.2, -0.15) is 0 Å². The van der Waals surface area contributed by atoms with Gasteiger partial charge in [-0.1, -0.05) is 60.7 Å². The zero-order valence-electron chi connectivity index (χ0n) is 24.4. The van der Waals surface area contributed by atoms with Crippen LogP contribution in [0.25, 0.3) is 0 Å². The van der Waals surface area contributed by atoms with Gasteiger partial charge in [-0.15, -0.1) is 0 Å². The topological polar surface area (TPSA) is 163 Å². The summed E-state index contributed by atoms with van der Waals surface area (Å²) in [5, 5.41) is 30.5. The minimum Gasteiger partial charge on any atom is -0.445 e. The maximum atomic E-state index is 12.6. The number of alkyl carbamates (subject to hydrolysis) is 2. The first kappa shape index (κ1) is 33.3. The second-order valence-electron chi connectivity index (χ2n) is 11.6. The molecule has 0 saturated carbocycles. The Balaban J connectivity index is 1.60.